The van der Waals surface area contributed by atoms with Crippen LogP contribution in [0, 0.1) is 0 Å². The van der Waals surface area contributed by atoms with E-state index in [1.807, 2.05) is 11.8 Å². The number of alkyl halides is 3. The summed E-state index contributed by atoms with van der Waals surface area (Å²) in [5.41, 5.74) is 6.01. The molecule has 0 saturated carbocycles. The zero-order valence-corrected chi connectivity index (χ0v) is 16.6. The van der Waals surface area contributed by atoms with Gasteiger partial charge in [0.25, 0.3) is 0 Å². The van der Waals surface area contributed by atoms with Crippen LogP contribution >= 0.6 is 23.8 Å². The van der Waals surface area contributed by atoms with Crippen LogP contribution in [0.1, 0.15) is 12.5 Å². The van der Waals surface area contributed by atoms with E-state index in [4.69, 9.17) is 29.6 Å². The lowest BCUT2D eigenvalue weighted by Gasteiger charge is -2.42. The van der Waals surface area contributed by atoms with E-state index in [9.17, 15) is 13.2 Å². The van der Waals surface area contributed by atoms with Gasteiger partial charge in [0.1, 0.15) is 5.82 Å². The fourth-order valence-electron chi connectivity index (χ4n) is 3.07. The van der Waals surface area contributed by atoms with Crippen molar-refractivity contribution < 1.29 is 13.2 Å². The van der Waals surface area contributed by atoms with Gasteiger partial charge >= 0.3 is 6.18 Å². The Kier molecular flexibility index (Phi) is 5.85. The first-order chi connectivity index (χ1) is 13.1. The molecule has 1 atom stereocenters. The highest BCUT2D eigenvalue weighted by atomic mass is 35.5. The monoisotopic (exact) mass is 429 g/mol. The minimum Gasteiger partial charge on any atom is -0.397 e. The summed E-state index contributed by atoms with van der Waals surface area (Å²) in [4.78, 5) is 8.37. The second kappa shape index (κ2) is 8.00. The molecule has 2 heterocycles. The lowest BCUT2D eigenvalue weighted by Crippen LogP contribution is -2.55. The molecule has 0 amide bonds. The van der Waals surface area contributed by atoms with Gasteiger partial charge in [0, 0.05) is 31.4 Å². The van der Waals surface area contributed by atoms with E-state index >= 15 is 0 Å². The maximum absolute atomic E-state index is 12.7. The summed E-state index contributed by atoms with van der Waals surface area (Å²) < 4.78 is 38.0. The van der Waals surface area contributed by atoms with Gasteiger partial charge in [-0.05, 0) is 49.5 Å². The molecule has 5 nitrogen and oxygen atoms in total. The Morgan fingerprint density at radius 3 is 2.54 bits per heavy atom. The van der Waals surface area contributed by atoms with Crippen LogP contribution in [-0.2, 0) is 6.18 Å². The zero-order chi connectivity index (χ0) is 20.5. The number of pyridine rings is 1. The normalized spacial score (nSPS) is 17.5. The summed E-state index contributed by atoms with van der Waals surface area (Å²) >= 11 is 11.7. The number of hydrogen-bond donors (Lipinski definition) is 2. The van der Waals surface area contributed by atoms with Gasteiger partial charge in [-0.3, -0.25) is 0 Å². The van der Waals surface area contributed by atoms with Crippen molar-refractivity contribution in [1.82, 2.24) is 9.88 Å². The number of benzene rings is 1. The fraction of sp³-hybridized carbons (Fsp3) is 0.333. The molecule has 1 fully saturated rings. The second-order valence-electron chi connectivity index (χ2n) is 6.57. The molecule has 1 aliphatic rings. The van der Waals surface area contributed by atoms with E-state index < -0.39 is 11.7 Å². The van der Waals surface area contributed by atoms with Gasteiger partial charge in [-0.25, -0.2) is 4.98 Å². The van der Waals surface area contributed by atoms with Crippen molar-refractivity contribution in [3.63, 3.8) is 0 Å². The molecule has 3 rings (SSSR count). The molecular formula is C18H19ClF3N5S. The molecule has 0 bridgehead atoms. The third-order valence-corrected chi connectivity index (χ3v) is 5.11. The predicted molar refractivity (Wildman–Crippen MR) is 110 cm³/mol. The third kappa shape index (κ3) is 4.59. The summed E-state index contributed by atoms with van der Waals surface area (Å²) in [7, 11) is 0. The number of nitrogens with one attached hydrogen (secondary N) is 1. The second-order valence-corrected chi connectivity index (χ2v) is 7.36. The van der Waals surface area contributed by atoms with Gasteiger partial charge in [0.05, 0.1) is 22.5 Å². The number of rotatable bonds is 2. The molecule has 3 N–H and O–H groups in total. The van der Waals surface area contributed by atoms with Crippen molar-refractivity contribution in [3.8, 4) is 0 Å². The number of anilines is 3. The quantitative estimate of drug-likeness (QED) is 0.696. The molecule has 2 aromatic rings. The Hall–Kier alpha value is -2.26. The summed E-state index contributed by atoms with van der Waals surface area (Å²) in [6, 6.07) is 6.51. The topological polar surface area (TPSA) is 57.4 Å². The first-order valence-electron chi connectivity index (χ1n) is 8.56. The molecule has 0 spiro atoms. The molecular weight excluding hydrogens is 411 g/mol. The number of piperazine rings is 1. The van der Waals surface area contributed by atoms with Crippen LogP contribution in [0.4, 0.5) is 30.4 Å². The van der Waals surface area contributed by atoms with Crippen LogP contribution in [0.3, 0.4) is 0 Å². The Balaban J connectivity index is 1.63. The molecule has 1 aromatic carbocycles. The average molecular weight is 430 g/mol. The van der Waals surface area contributed by atoms with E-state index in [1.54, 1.807) is 12.3 Å². The van der Waals surface area contributed by atoms with E-state index in [0.29, 0.717) is 47.0 Å². The number of aromatic nitrogens is 1. The highest BCUT2D eigenvalue weighted by Crippen LogP contribution is 2.30. The van der Waals surface area contributed by atoms with Gasteiger partial charge < -0.3 is 20.9 Å². The number of nitrogens with two attached hydrogens (primary N) is 1. The van der Waals surface area contributed by atoms with Crippen LogP contribution in [0.25, 0.3) is 0 Å². The van der Waals surface area contributed by atoms with Crippen LogP contribution in [0.15, 0.2) is 36.5 Å². The van der Waals surface area contributed by atoms with Crippen molar-refractivity contribution in [2.75, 3.05) is 35.6 Å². The highest BCUT2D eigenvalue weighted by molar-refractivity contribution is 7.80. The van der Waals surface area contributed by atoms with Crippen molar-refractivity contribution >= 4 is 46.1 Å². The van der Waals surface area contributed by atoms with Crippen molar-refractivity contribution in [1.29, 1.82) is 0 Å². The largest absolute Gasteiger partial charge is 0.416 e. The van der Waals surface area contributed by atoms with E-state index in [-0.39, 0.29) is 6.04 Å². The Labute approximate surface area is 171 Å². The predicted octanol–water partition coefficient (Wildman–Crippen LogP) is 4.24. The number of nitrogens with zero attached hydrogens (tertiary/aromatic N) is 3. The summed E-state index contributed by atoms with van der Waals surface area (Å²) in [5, 5.41) is 3.96. The van der Waals surface area contributed by atoms with Crippen molar-refractivity contribution in [3.05, 3.63) is 47.1 Å². The molecule has 0 radical (unpaired) electrons. The van der Waals surface area contributed by atoms with Gasteiger partial charge in [0.2, 0.25) is 0 Å². The average Bonchev–Trinajstić information content (AvgIpc) is 2.61. The maximum Gasteiger partial charge on any atom is 0.416 e. The third-order valence-electron chi connectivity index (χ3n) is 4.49. The molecule has 0 unspecified atom stereocenters. The van der Waals surface area contributed by atoms with Gasteiger partial charge in [-0.2, -0.15) is 13.2 Å². The van der Waals surface area contributed by atoms with E-state index in [2.05, 4.69) is 15.2 Å². The van der Waals surface area contributed by atoms with E-state index in [1.165, 1.54) is 12.1 Å². The standard InChI is InChI=1S/C18H19ClF3N5S/c1-11-10-26(16-15(19)8-13(23)9-24-16)6-7-27(11)17(28)25-14-4-2-12(3-5-14)18(20,21)22/h2-5,8-9,11H,6-7,10,23H2,1H3,(H,25,28)/t11-/m1/s1. The van der Waals surface area contributed by atoms with Crippen LogP contribution in [0.5, 0.6) is 0 Å². The number of nitrogen functional groups attached to an aromatic ring is 1. The molecule has 1 aliphatic heterocycles. The van der Waals surface area contributed by atoms with Crippen molar-refractivity contribution in [2.45, 2.75) is 19.1 Å². The van der Waals surface area contributed by atoms with Gasteiger partial charge in [0.15, 0.2) is 5.11 Å². The maximum atomic E-state index is 12.7. The lowest BCUT2D eigenvalue weighted by molar-refractivity contribution is -0.137. The zero-order valence-electron chi connectivity index (χ0n) is 15.0. The van der Waals surface area contributed by atoms with Gasteiger partial charge in [-0.15, -0.1) is 0 Å². The Morgan fingerprint density at radius 2 is 1.96 bits per heavy atom. The van der Waals surface area contributed by atoms with Crippen LogP contribution < -0.4 is 16.0 Å². The summed E-state index contributed by atoms with van der Waals surface area (Å²) in [6.07, 6.45) is -2.80. The van der Waals surface area contributed by atoms with E-state index in [0.717, 1.165) is 12.1 Å². The molecule has 1 saturated heterocycles. The molecule has 10 heteroatoms. The smallest absolute Gasteiger partial charge is 0.397 e. The lowest BCUT2D eigenvalue weighted by atomic mass is 10.2. The SMILES string of the molecule is C[C@@H]1CN(c2ncc(N)cc2Cl)CCN1C(=S)Nc1ccc(C(F)(F)F)cc1. The molecule has 0 aliphatic carbocycles. The molecule has 28 heavy (non-hydrogen) atoms. The first-order valence-corrected chi connectivity index (χ1v) is 9.34. The molecule has 1 aromatic heterocycles. The summed E-state index contributed by atoms with van der Waals surface area (Å²) in [5.74, 6) is 0.670. The highest BCUT2D eigenvalue weighted by Gasteiger charge is 2.30. The molecule has 150 valence electrons. The van der Waals surface area contributed by atoms with Crippen molar-refractivity contribution in [2.24, 2.45) is 0 Å². The first kappa shape index (κ1) is 20.5. The van der Waals surface area contributed by atoms with Gasteiger partial charge in [-0.1, -0.05) is 11.6 Å². The van der Waals surface area contributed by atoms with Crippen LogP contribution in [0.2, 0.25) is 5.02 Å². The number of hydrogen-bond acceptors (Lipinski definition) is 4. The summed E-state index contributed by atoms with van der Waals surface area (Å²) in [6.45, 7) is 3.93. The number of thiocarbonyl (C=S) groups is 1. The minimum absolute atomic E-state index is 0.0543. The van der Waals surface area contributed by atoms with Crippen LogP contribution in [-0.4, -0.2) is 40.7 Å². The minimum atomic E-state index is -4.36. The fourth-order valence-corrected chi connectivity index (χ4v) is 3.75. The Bertz CT molecular complexity index is 859. The Morgan fingerprint density at radius 1 is 1.29 bits per heavy atom. The number of halogens is 4.